The second-order valence-corrected chi connectivity index (χ2v) is 5.80. The van der Waals surface area contributed by atoms with Gasteiger partial charge in [-0.05, 0) is 24.3 Å². The van der Waals surface area contributed by atoms with E-state index >= 15 is 0 Å². The summed E-state index contributed by atoms with van der Waals surface area (Å²) in [7, 11) is 0. The van der Waals surface area contributed by atoms with Crippen LogP contribution in [0, 0.1) is 11.2 Å². The van der Waals surface area contributed by atoms with Gasteiger partial charge in [-0.1, -0.05) is 11.6 Å². The molecule has 128 valence electrons. The molecule has 24 heavy (non-hydrogen) atoms. The van der Waals surface area contributed by atoms with Crippen molar-refractivity contribution >= 4 is 29.0 Å². The number of Topliss-reactive ketones (excluding diaryl/α,β-unsaturated/α-hetero) is 1. The number of carbonyl (C=O) groups is 2. The monoisotopic (exact) mass is 352 g/mol. The first kappa shape index (κ1) is 18.1. The fourth-order valence-electron chi connectivity index (χ4n) is 2.38. The van der Waals surface area contributed by atoms with Crippen molar-refractivity contribution in [1.29, 1.82) is 5.41 Å². The van der Waals surface area contributed by atoms with Crippen LogP contribution in [0.3, 0.4) is 0 Å². The van der Waals surface area contributed by atoms with Gasteiger partial charge in [0.2, 0.25) is 0 Å². The average Bonchev–Trinajstić information content (AvgIpc) is 2.61. The summed E-state index contributed by atoms with van der Waals surface area (Å²) in [6, 6.07) is 5.42. The number of hydrogen-bond acceptors (Lipinski definition) is 5. The van der Waals surface area contributed by atoms with Crippen molar-refractivity contribution < 1.29 is 14.0 Å². The van der Waals surface area contributed by atoms with Crippen molar-refractivity contribution in [1.82, 2.24) is 9.80 Å². The largest absolute Gasteiger partial charge is 0.403 e. The molecule has 0 spiro atoms. The summed E-state index contributed by atoms with van der Waals surface area (Å²) in [5.41, 5.74) is 5.32. The zero-order valence-corrected chi connectivity index (χ0v) is 13.7. The lowest BCUT2D eigenvalue weighted by atomic mass is 10.1. The van der Waals surface area contributed by atoms with Gasteiger partial charge in [0, 0.05) is 37.9 Å². The standard InChI is InChI=1S/C16H18ClFN4O2/c17-13(9-19)15(20)16(24)22-7-5-21(6-8-22)10-14(23)11-1-3-12(18)4-2-11/h1-4,9,20H,5-8,10,19H2/b13-9+,20-15?. The zero-order valence-electron chi connectivity index (χ0n) is 13.0. The molecule has 0 bridgehead atoms. The fourth-order valence-corrected chi connectivity index (χ4v) is 2.46. The molecular weight excluding hydrogens is 335 g/mol. The highest BCUT2D eigenvalue weighted by molar-refractivity contribution is 6.58. The number of piperazine rings is 1. The van der Waals surface area contributed by atoms with Gasteiger partial charge in [0.25, 0.3) is 5.91 Å². The molecule has 1 amide bonds. The Morgan fingerprint density at radius 1 is 1.21 bits per heavy atom. The Morgan fingerprint density at radius 3 is 2.33 bits per heavy atom. The van der Waals surface area contributed by atoms with Gasteiger partial charge in [0.15, 0.2) is 5.78 Å². The molecule has 8 heteroatoms. The zero-order chi connectivity index (χ0) is 17.7. The van der Waals surface area contributed by atoms with E-state index < -0.39 is 5.91 Å². The molecule has 0 unspecified atom stereocenters. The van der Waals surface area contributed by atoms with E-state index in [2.05, 4.69) is 0 Å². The topological polar surface area (TPSA) is 90.5 Å². The first-order valence-corrected chi connectivity index (χ1v) is 7.77. The maximum absolute atomic E-state index is 12.9. The summed E-state index contributed by atoms with van der Waals surface area (Å²) < 4.78 is 12.9. The molecule has 6 nitrogen and oxygen atoms in total. The number of nitrogens with one attached hydrogen (secondary N) is 1. The fraction of sp³-hybridized carbons (Fsp3) is 0.312. The van der Waals surface area contributed by atoms with Crippen LogP contribution in [0.4, 0.5) is 4.39 Å². The number of benzene rings is 1. The molecule has 1 aliphatic rings. The summed E-state index contributed by atoms with van der Waals surface area (Å²) >= 11 is 5.69. The summed E-state index contributed by atoms with van der Waals surface area (Å²) in [6.07, 6.45) is 1.01. The number of ketones is 1. The number of rotatable bonds is 5. The van der Waals surface area contributed by atoms with Gasteiger partial charge in [-0.3, -0.25) is 19.9 Å². The highest BCUT2D eigenvalue weighted by Gasteiger charge is 2.26. The molecule has 1 aromatic carbocycles. The molecule has 0 radical (unpaired) electrons. The number of hydrogen-bond donors (Lipinski definition) is 2. The van der Waals surface area contributed by atoms with Crippen LogP contribution < -0.4 is 5.73 Å². The van der Waals surface area contributed by atoms with E-state index in [-0.39, 0.29) is 28.9 Å². The Morgan fingerprint density at radius 2 is 1.79 bits per heavy atom. The summed E-state index contributed by atoms with van der Waals surface area (Å²) in [5, 5.41) is 7.57. The molecule has 1 fully saturated rings. The summed E-state index contributed by atoms with van der Waals surface area (Å²) in [5.74, 6) is -0.964. The minimum Gasteiger partial charge on any atom is -0.403 e. The highest BCUT2D eigenvalue weighted by Crippen LogP contribution is 2.10. The van der Waals surface area contributed by atoms with Crippen LogP contribution in [0.25, 0.3) is 0 Å². The van der Waals surface area contributed by atoms with E-state index in [0.717, 1.165) is 6.20 Å². The second-order valence-electron chi connectivity index (χ2n) is 5.39. The van der Waals surface area contributed by atoms with E-state index in [4.69, 9.17) is 22.7 Å². The number of carbonyl (C=O) groups excluding carboxylic acids is 2. The summed E-state index contributed by atoms with van der Waals surface area (Å²) in [6.45, 7) is 2.01. The maximum Gasteiger partial charge on any atom is 0.273 e. The highest BCUT2D eigenvalue weighted by atomic mass is 35.5. The SMILES string of the molecule is N=C(C(=O)N1CCN(CC(=O)c2ccc(F)cc2)CC1)/C(Cl)=C\N. The molecule has 0 aromatic heterocycles. The Bertz CT molecular complexity index is 667. The quantitative estimate of drug-likeness (QED) is 0.615. The first-order chi connectivity index (χ1) is 11.4. The van der Waals surface area contributed by atoms with E-state index in [1.165, 1.54) is 29.2 Å². The van der Waals surface area contributed by atoms with Gasteiger partial charge >= 0.3 is 0 Å². The van der Waals surface area contributed by atoms with Crippen molar-refractivity contribution in [3.05, 3.63) is 46.9 Å². The number of halogens is 2. The normalized spacial score (nSPS) is 16.1. The van der Waals surface area contributed by atoms with Crippen molar-refractivity contribution in [3.63, 3.8) is 0 Å². The molecule has 0 atom stereocenters. The Labute approximate surface area is 144 Å². The average molecular weight is 353 g/mol. The lowest BCUT2D eigenvalue weighted by Gasteiger charge is -2.34. The van der Waals surface area contributed by atoms with Crippen LogP contribution in [0.2, 0.25) is 0 Å². The molecule has 0 saturated carbocycles. The van der Waals surface area contributed by atoms with Gasteiger partial charge in [-0.15, -0.1) is 0 Å². The van der Waals surface area contributed by atoms with Crippen LogP contribution in [-0.2, 0) is 4.79 Å². The lowest BCUT2D eigenvalue weighted by molar-refractivity contribution is -0.125. The minimum atomic E-state index is -0.480. The van der Waals surface area contributed by atoms with Crippen molar-refractivity contribution in [2.24, 2.45) is 5.73 Å². The molecular formula is C16H18ClFN4O2. The molecule has 3 N–H and O–H groups in total. The van der Waals surface area contributed by atoms with E-state index in [1.807, 2.05) is 4.90 Å². The lowest BCUT2D eigenvalue weighted by Crippen LogP contribution is -2.51. The van der Waals surface area contributed by atoms with E-state index in [9.17, 15) is 14.0 Å². The molecule has 1 heterocycles. The number of nitrogens with zero attached hydrogens (tertiary/aromatic N) is 2. The molecule has 1 aromatic rings. The van der Waals surface area contributed by atoms with Crippen LogP contribution >= 0.6 is 11.6 Å². The van der Waals surface area contributed by atoms with Crippen LogP contribution in [0.1, 0.15) is 10.4 Å². The Kier molecular flexibility index (Phi) is 6.05. The van der Waals surface area contributed by atoms with Crippen LogP contribution in [0.15, 0.2) is 35.5 Å². The first-order valence-electron chi connectivity index (χ1n) is 7.39. The van der Waals surface area contributed by atoms with Crippen LogP contribution in [0.5, 0.6) is 0 Å². The summed E-state index contributed by atoms with van der Waals surface area (Å²) in [4.78, 5) is 27.7. The Hall–Kier alpha value is -2.25. The number of amides is 1. The maximum atomic E-state index is 12.9. The van der Waals surface area contributed by atoms with Gasteiger partial charge in [0.05, 0.1) is 11.6 Å². The molecule has 1 aliphatic heterocycles. The van der Waals surface area contributed by atoms with E-state index in [1.54, 1.807) is 0 Å². The van der Waals surface area contributed by atoms with Crippen molar-refractivity contribution in [2.75, 3.05) is 32.7 Å². The van der Waals surface area contributed by atoms with Crippen LogP contribution in [-0.4, -0.2) is 59.9 Å². The van der Waals surface area contributed by atoms with Crippen molar-refractivity contribution in [3.8, 4) is 0 Å². The second kappa shape index (κ2) is 8.03. The molecule has 1 saturated heterocycles. The van der Waals surface area contributed by atoms with Crippen molar-refractivity contribution in [2.45, 2.75) is 0 Å². The third kappa shape index (κ3) is 4.39. The van der Waals surface area contributed by atoms with Gasteiger partial charge in [0.1, 0.15) is 11.5 Å². The van der Waals surface area contributed by atoms with Gasteiger partial charge in [-0.25, -0.2) is 4.39 Å². The van der Waals surface area contributed by atoms with E-state index in [0.29, 0.717) is 31.7 Å². The molecule has 0 aliphatic carbocycles. The third-order valence-electron chi connectivity index (χ3n) is 3.79. The van der Waals surface area contributed by atoms with Gasteiger partial charge < -0.3 is 10.6 Å². The smallest absolute Gasteiger partial charge is 0.273 e. The predicted molar refractivity (Wildman–Crippen MR) is 89.6 cm³/mol. The minimum absolute atomic E-state index is 0.0890. The van der Waals surface area contributed by atoms with Gasteiger partial charge in [-0.2, -0.15) is 0 Å². The predicted octanol–water partition coefficient (Wildman–Crippen LogP) is 1.21. The third-order valence-corrected chi connectivity index (χ3v) is 4.11. The molecule has 2 rings (SSSR count). The Balaban J connectivity index is 1.86. The number of nitrogens with two attached hydrogens (primary N) is 1.